The third-order valence-corrected chi connectivity index (χ3v) is 2.73. The van der Waals surface area contributed by atoms with Crippen molar-refractivity contribution in [1.29, 1.82) is 0 Å². The van der Waals surface area contributed by atoms with Gasteiger partial charge in [-0.2, -0.15) is 0 Å². The zero-order valence-corrected chi connectivity index (χ0v) is 9.22. The van der Waals surface area contributed by atoms with E-state index in [4.69, 9.17) is 34.2 Å². The number of hydrogen-bond acceptors (Lipinski definition) is 1. The quantitative estimate of drug-likeness (QED) is 0.738. The normalized spacial score (nSPS) is 10.3. The first-order valence-electron chi connectivity index (χ1n) is 4.31. The summed E-state index contributed by atoms with van der Waals surface area (Å²) in [6, 6.07) is 8.94. The predicted octanol–water partition coefficient (Wildman–Crippen LogP) is 4.70. The van der Waals surface area contributed by atoms with Crippen LogP contribution in [0.25, 0.3) is 17.4 Å². The Morgan fingerprint density at radius 1 is 1.07 bits per heavy atom. The average molecular weight is 238 g/mol. The van der Waals surface area contributed by atoms with E-state index in [0.717, 1.165) is 5.56 Å². The van der Waals surface area contributed by atoms with Gasteiger partial charge in [-0.15, -0.1) is 0 Å². The van der Waals surface area contributed by atoms with Gasteiger partial charge in [0.05, 0.1) is 10.0 Å². The maximum atomic E-state index is 5.90. The molecule has 3 heteroatoms. The first kappa shape index (κ1) is 10.3. The van der Waals surface area contributed by atoms with Gasteiger partial charge >= 0.3 is 0 Å². The van der Waals surface area contributed by atoms with Crippen molar-refractivity contribution in [2.45, 2.75) is 0 Å². The summed E-state index contributed by atoms with van der Waals surface area (Å²) >= 11 is 11.7. The van der Waals surface area contributed by atoms with Crippen LogP contribution >= 0.6 is 23.2 Å². The minimum Gasteiger partial charge on any atom is -0.457 e. The second-order valence-electron chi connectivity index (χ2n) is 3.00. The first-order chi connectivity index (χ1) is 7.20. The molecule has 0 aliphatic carbocycles. The third-order valence-electron chi connectivity index (χ3n) is 2.00. The Balaban J connectivity index is 2.44. The maximum absolute atomic E-state index is 5.90. The Kier molecular flexibility index (Phi) is 2.85. The van der Waals surface area contributed by atoms with Gasteiger partial charge in [0.2, 0.25) is 0 Å². The van der Waals surface area contributed by atoms with Crippen molar-refractivity contribution in [3.63, 3.8) is 0 Å². The van der Waals surface area contributed by atoms with E-state index < -0.39 is 0 Å². The van der Waals surface area contributed by atoms with Crippen molar-refractivity contribution < 1.29 is 4.42 Å². The van der Waals surface area contributed by atoms with Crippen LogP contribution in [0.2, 0.25) is 10.0 Å². The zero-order valence-electron chi connectivity index (χ0n) is 7.71. The topological polar surface area (TPSA) is 13.1 Å². The first-order valence-corrected chi connectivity index (χ1v) is 5.06. The summed E-state index contributed by atoms with van der Waals surface area (Å²) in [5, 5.41) is 1.03. The summed E-state index contributed by atoms with van der Waals surface area (Å²) in [6.45, 7) is 5.33. The van der Waals surface area contributed by atoms with Crippen molar-refractivity contribution in [3.8, 4) is 11.3 Å². The minimum absolute atomic E-state index is 0.504. The molecule has 0 amide bonds. The second kappa shape index (κ2) is 4.13. The van der Waals surface area contributed by atoms with Gasteiger partial charge in [-0.1, -0.05) is 29.8 Å². The summed E-state index contributed by atoms with van der Waals surface area (Å²) in [4.78, 5) is 0. The fourth-order valence-electron chi connectivity index (χ4n) is 1.25. The van der Waals surface area contributed by atoms with E-state index in [1.807, 2.05) is 12.1 Å². The largest absolute Gasteiger partial charge is 0.457 e. The van der Waals surface area contributed by atoms with Crippen LogP contribution in [0.3, 0.4) is 0 Å². The number of halogens is 2. The molecule has 0 bridgehead atoms. The van der Waals surface area contributed by atoms with Crippen LogP contribution in [-0.4, -0.2) is 0 Å². The molecule has 0 fully saturated rings. The highest BCUT2D eigenvalue weighted by Gasteiger charge is 2.05. The van der Waals surface area contributed by atoms with Gasteiger partial charge in [-0.25, -0.2) is 0 Å². The molecule has 2 rings (SSSR count). The summed E-state index contributed by atoms with van der Waals surface area (Å²) in [7, 11) is 0. The molecule has 0 unspecified atom stereocenters. The monoisotopic (exact) mass is 237 g/mol. The molecule has 2 aromatic rings. The molecule has 1 heterocycles. The summed E-state index contributed by atoms with van der Waals surface area (Å²) in [5.41, 5.74) is 0.873. The lowest BCUT2D eigenvalue weighted by Gasteiger charge is -1.99. The molecule has 75 valence electrons. The smallest absolute Gasteiger partial charge is 0.134 e. The number of rotatable bonds is 2. The van der Waals surface area contributed by atoms with Gasteiger partial charge in [-0.3, -0.25) is 0 Å². The molecule has 1 nitrogen and oxygen atoms in total. The van der Waals surface area contributed by atoms with Gasteiger partial charge in [-0.05, 0) is 36.4 Å². The zero-order chi connectivity index (χ0) is 10.8. The Morgan fingerprint density at radius 3 is 2.47 bits per heavy atom. The highest BCUT2D eigenvalue weighted by atomic mass is 35.5. The fraction of sp³-hybridized carbons (Fsp3) is 0. The van der Waals surface area contributed by atoms with E-state index in [1.165, 1.54) is 6.08 Å². The van der Waals surface area contributed by atoms with Crippen molar-refractivity contribution in [2.24, 2.45) is 0 Å². The van der Waals surface area contributed by atoms with Crippen LogP contribution < -0.4 is 0 Å². The molecule has 0 saturated carbocycles. The number of furan rings is 1. The van der Waals surface area contributed by atoms with E-state index in [9.17, 15) is 0 Å². The number of hydrogen-bond donors (Lipinski definition) is 0. The Morgan fingerprint density at radius 2 is 1.87 bits per heavy atom. The van der Waals surface area contributed by atoms with Gasteiger partial charge < -0.3 is 4.42 Å². The molecule has 0 N–H and O–H groups in total. The van der Waals surface area contributed by atoms with E-state index in [1.54, 1.807) is 18.2 Å². The Bertz CT molecular complexity index is 500. The Labute approximate surface area is 97.9 Å². The molecule has 1 aromatic carbocycles. The molecule has 0 saturated heterocycles. The minimum atomic E-state index is 0.504. The van der Waals surface area contributed by atoms with E-state index in [2.05, 4.69) is 0 Å². The molecule has 0 aliphatic rings. The lowest BCUT2D eigenvalue weighted by molar-refractivity contribution is 0.572. The molecule has 1 aromatic heterocycles. The molecular weight excluding hydrogens is 231 g/mol. The van der Waals surface area contributed by atoms with Gasteiger partial charge in [0.25, 0.3) is 0 Å². The van der Waals surface area contributed by atoms with Gasteiger partial charge in [0, 0.05) is 5.56 Å². The van der Waals surface area contributed by atoms with E-state index in [0.29, 0.717) is 21.6 Å². The van der Waals surface area contributed by atoms with Gasteiger partial charge in [0.1, 0.15) is 11.5 Å². The summed E-state index contributed by atoms with van der Waals surface area (Å²) < 4.78 is 5.43. The van der Waals surface area contributed by atoms with Crippen LogP contribution in [0.1, 0.15) is 5.76 Å². The van der Waals surface area contributed by atoms with Crippen LogP contribution in [-0.2, 0) is 0 Å². The van der Waals surface area contributed by atoms with E-state index >= 15 is 0 Å². The molecule has 15 heavy (non-hydrogen) atoms. The summed E-state index contributed by atoms with van der Waals surface area (Å²) in [5.74, 6) is 1.33. The SMILES string of the molecule is [CH]=Cc1ccc(-c2ccc(Cl)c(Cl)c2)o1. The van der Waals surface area contributed by atoms with Crippen LogP contribution in [0.5, 0.6) is 0 Å². The Hall–Kier alpha value is -1.18. The second-order valence-corrected chi connectivity index (χ2v) is 3.81. The molecule has 0 aliphatic heterocycles. The van der Waals surface area contributed by atoms with Crippen molar-refractivity contribution in [1.82, 2.24) is 0 Å². The number of benzene rings is 1. The van der Waals surface area contributed by atoms with Crippen molar-refractivity contribution in [2.75, 3.05) is 0 Å². The highest BCUT2D eigenvalue weighted by Crippen LogP contribution is 2.29. The molecule has 0 atom stereocenters. The molecular formula is C12H7Cl2O. The lowest BCUT2D eigenvalue weighted by Crippen LogP contribution is -1.74. The molecule has 1 radical (unpaired) electrons. The average Bonchev–Trinajstić information content (AvgIpc) is 2.70. The van der Waals surface area contributed by atoms with Crippen molar-refractivity contribution in [3.05, 3.63) is 52.7 Å². The van der Waals surface area contributed by atoms with Gasteiger partial charge in [0.15, 0.2) is 0 Å². The maximum Gasteiger partial charge on any atom is 0.134 e. The van der Waals surface area contributed by atoms with Crippen LogP contribution in [0.15, 0.2) is 34.7 Å². The van der Waals surface area contributed by atoms with E-state index in [-0.39, 0.29) is 0 Å². The van der Waals surface area contributed by atoms with Crippen LogP contribution in [0.4, 0.5) is 0 Å². The highest BCUT2D eigenvalue weighted by molar-refractivity contribution is 6.42. The van der Waals surface area contributed by atoms with Crippen LogP contribution in [0, 0.1) is 6.58 Å². The predicted molar refractivity (Wildman–Crippen MR) is 62.9 cm³/mol. The fourth-order valence-corrected chi connectivity index (χ4v) is 1.55. The summed E-state index contributed by atoms with van der Waals surface area (Å²) in [6.07, 6.45) is 1.40. The van der Waals surface area contributed by atoms with Crippen molar-refractivity contribution >= 4 is 29.3 Å². The molecule has 0 spiro atoms. The lowest BCUT2D eigenvalue weighted by atomic mass is 10.2. The third kappa shape index (κ3) is 2.09. The standard InChI is InChI=1S/C12H7Cl2O/c1-2-9-4-6-12(15-9)8-3-5-10(13)11(14)7-8/h1-7H.